The van der Waals surface area contributed by atoms with E-state index >= 15 is 0 Å². The summed E-state index contributed by atoms with van der Waals surface area (Å²) in [5.74, 6) is -0.118. The third kappa shape index (κ3) is 3.30. The lowest BCUT2D eigenvalue weighted by Gasteiger charge is -2.21. The quantitative estimate of drug-likeness (QED) is 0.872. The van der Waals surface area contributed by atoms with Gasteiger partial charge in [-0.2, -0.15) is 0 Å². The Morgan fingerprint density at radius 3 is 2.74 bits per heavy atom. The Hall–Kier alpha value is -1.03. The lowest BCUT2D eigenvalue weighted by molar-refractivity contribution is -0.127. The highest BCUT2D eigenvalue weighted by molar-refractivity contribution is 6.37. The van der Waals surface area contributed by atoms with Crippen LogP contribution in [0.25, 0.3) is 6.08 Å². The molecule has 1 N–H and O–H groups in total. The zero-order valence-corrected chi connectivity index (χ0v) is 11.9. The average Bonchev–Trinajstić information content (AvgIpc) is 2.86. The lowest BCUT2D eigenvalue weighted by Crippen LogP contribution is -2.36. The number of carbonyl (C=O) groups excluding carboxylic acids is 1. The molecule has 1 aliphatic rings. The zero-order valence-electron chi connectivity index (χ0n) is 10.4. The van der Waals surface area contributed by atoms with Crippen molar-refractivity contribution in [3.63, 3.8) is 0 Å². The van der Waals surface area contributed by atoms with Crippen LogP contribution in [-0.2, 0) is 4.79 Å². The predicted octanol–water partition coefficient (Wildman–Crippen LogP) is 2.99. The van der Waals surface area contributed by atoms with E-state index in [1.165, 1.54) is 6.08 Å². The van der Waals surface area contributed by atoms with E-state index in [1.807, 2.05) is 0 Å². The van der Waals surface area contributed by atoms with Crippen LogP contribution in [0.15, 0.2) is 24.3 Å². The Balaban J connectivity index is 2.12. The van der Waals surface area contributed by atoms with E-state index in [0.717, 1.165) is 12.8 Å². The zero-order chi connectivity index (χ0) is 13.8. The number of aliphatic hydroxyl groups is 1. The minimum Gasteiger partial charge on any atom is -0.394 e. The average molecular weight is 300 g/mol. The van der Waals surface area contributed by atoms with Crippen LogP contribution >= 0.6 is 23.2 Å². The summed E-state index contributed by atoms with van der Waals surface area (Å²) in [5, 5.41) is 10.2. The maximum Gasteiger partial charge on any atom is 0.246 e. The Kier molecular flexibility index (Phi) is 4.86. The molecule has 102 valence electrons. The first-order valence-electron chi connectivity index (χ1n) is 6.17. The summed E-state index contributed by atoms with van der Waals surface area (Å²) in [6.45, 7) is 0.692. The topological polar surface area (TPSA) is 40.5 Å². The lowest BCUT2D eigenvalue weighted by atomic mass is 10.2. The molecular formula is C14H15Cl2NO2. The molecule has 0 bridgehead atoms. The van der Waals surface area contributed by atoms with Crippen molar-refractivity contribution in [2.45, 2.75) is 18.9 Å². The fourth-order valence-corrected chi connectivity index (χ4v) is 2.76. The highest BCUT2D eigenvalue weighted by Gasteiger charge is 2.26. The van der Waals surface area contributed by atoms with Gasteiger partial charge in [0.1, 0.15) is 0 Å². The molecule has 1 saturated heterocycles. The van der Waals surface area contributed by atoms with Crippen molar-refractivity contribution in [3.8, 4) is 0 Å². The Morgan fingerprint density at radius 2 is 2.11 bits per heavy atom. The second kappa shape index (κ2) is 6.42. The first-order valence-corrected chi connectivity index (χ1v) is 6.92. The van der Waals surface area contributed by atoms with Crippen molar-refractivity contribution in [2.24, 2.45) is 0 Å². The van der Waals surface area contributed by atoms with Crippen LogP contribution in [0.4, 0.5) is 0 Å². The summed E-state index contributed by atoms with van der Waals surface area (Å²) in [6, 6.07) is 5.14. The molecule has 0 radical (unpaired) electrons. The molecule has 0 spiro atoms. The van der Waals surface area contributed by atoms with Gasteiger partial charge < -0.3 is 10.0 Å². The highest BCUT2D eigenvalue weighted by Crippen LogP contribution is 2.26. The van der Waals surface area contributed by atoms with Gasteiger partial charge in [-0.3, -0.25) is 4.79 Å². The second-order valence-corrected chi connectivity index (χ2v) is 5.29. The molecule has 1 aromatic carbocycles. The van der Waals surface area contributed by atoms with E-state index in [1.54, 1.807) is 29.2 Å². The van der Waals surface area contributed by atoms with Crippen molar-refractivity contribution in [1.29, 1.82) is 0 Å². The fourth-order valence-electron chi connectivity index (χ4n) is 2.24. The minimum absolute atomic E-state index is 0.00638. The number of nitrogens with zero attached hydrogens (tertiary/aromatic N) is 1. The Labute approximate surface area is 122 Å². The van der Waals surface area contributed by atoms with Gasteiger partial charge in [-0.1, -0.05) is 29.3 Å². The molecule has 1 aromatic rings. The number of likely N-dealkylation sites (tertiary alicyclic amines) is 1. The first kappa shape index (κ1) is 14.4. The van der Waals surface area contributed by atoms with Gasteiger partial charge in [0.25, 0.3) is 0 Å². The predicted molar refractivity (Wildman–Crippen MR) is 77.3 cm³/mol. The fraction of sp³-hybridized carbons (Fsp3) is 0.357. The number of aliphatic hydroxyl groups excluding tert-OH is 1. The van der Waals surface area contributed by atoms with Gasteiger partial charge in [0.2, 0.25) is 5.91 Å². The number of amides is 1. The third-order valence-corrected chi connectivity index (χ3v) is 3.92. The van der Waals surface area contributed by atoms with Gasteiger partial charge in [-0.15, -0.1) is 0 Å². The van der Waals surface area contributed by atoms with Crippen LogP contribution in [-0.4, -0.2) is 35.1 Å². The largest absolute Gasteiger partial charge is 0.394 e. The van der Waals surface area contributed by atoms with Crippen molar-refractivity contribution in [1.82, 2.24) is 4.90 Å². The summed E-state index contributed by atoms with van der Waals surface area (Å²) in [4.78, 5) is 13.7. The van der Waals surface area contributed by atoms with Crippen molar-refractivity contribution in [3.05, 3.63) is 39.9 Å². The number of carbonyl (C=O) groups is 1. The second-order valence-electron chi connectivity index (χ2n) is 4.48. The van der Waals surface area contributed by atoms with Crippen LogP contribution in [0, 0.1) is 0 Å². The number of benzene rings is 1. The van der Waals surface area contributed by atoms with E-state index in [2.05, 4.69) is 0 Å². The van der Waals surface area contributed by atoms with E-state index < -0.39 is 0 Å². The summed E-state index contributed by atoms with van der Waals surface area (Å²) in [7, 11) is 0. The monoisotopic (exact) mass is 299 g/mol. The summed E-state index contributed by atoms with van der Waals surface area (Å²) in [5.41, 5.74) is 0.638. The molecule has 5 heteroatoms. The third-order valence-electron chi connectivity index (χ3n) is 3.26. The number of hydrogen-bond acceptors (Lipinski definition) is 2. The first-order chi connectivity index (χ1) is 9.13. The van der Waals surface area contributed by atoms with Gasteiger partial charge in [0, 0.05) is 28.2 Å². The van der Waals surface area contributed by atoms with Gasteiger partial charge >= 0.3 is 0 Å². The van der Waals surface area contributed by atoms with Gasteiger partial charge in [-0.25, -0.2) is 0 Å². The van der Waals surface area contributed by atoms with Crippen molar-refractivity contribution < 1.29 is 9.90 Å². The summed E-state index contributed by atoms with van der Waals surface area (Å²) < 4.78 is 0. The Bertz CT molecular complexity index is 482. The molecule has 0 aromatic heterocycles. The molecule has 3 nitrogen and oxygen atoms in total. The van der Waals surface area contributed by atoms with E-state index in [4.69, 9.17) is 23.2 Å². The van der Waals surface area contributed by atoms with Crippen molar-refractivity contribution in [2.75, 3.05) is 13.2 Å². The molecule has 1 heterocycles. The van der Waals surface area contributed by atoms with Gasteiger partial charge in [0.05, 0.1) is 12.6 Å². The molecular weight excluding hydrogens is 285 g/mol. The number of rotatable bonds is 3. The summed E-state index contributed by atoms with van der Waals surface area (Å²) >= 11 is 12.1. The number of halogens is 2. The van der Waals surface area contributed by atoms with Crippen LogP contribution in [0.2, 0.25) is 10.0 Å². The van der Waals surface area contributed by atoms with Crippen LogP contribution < -0.4 is 0 Å². The van der Waals surface area contributed by atoms with Crippen LogP contribution in [0.5, 0.6) is 0 Å². The molecule has 1 aliphatic heterocycles. The van der Waals surface area contributed by atoms with Crippen LogP contribution in [0.3, 0.4) is 0 Å². The molecule has 1 atom stereocenters. The maximum absolute atomic E-state index is 12.1. The van der Waals surface area contributed by atoms with Crippen LogP contribution in [0.1, 0.15) is 18.4 Å². The molecule has 0 aliphatic carbocycles. The minimum atomic E-state index is -0.118. The van der Waals surface area contributed by atoms with E-state index in [-0.39, 0.29) is 18.6 Å². The molecule has 0 saturated carbocycles. The normalized spacial score (nSPS) is 19.3. The molecule has 19 heavy (non-hydrogen) atoms. The molecule has 2 rings (SSSR count). The maximum atomic E-state index is 12.1. The molecule has 0 unspecified atom stereocenters. The Morgan fingerprint density at radius 1 is 1.42 bits per heavy atom. The summed E-state index contributed by atoms with van der Waals surface area (Å²) in [6.07, 6.45) is 4.86. The molecule has 1 amide bonds. The number of hydrogen-bond donors (Lipinski definition) is 1. The van der Waals surface area contributed by atoms with E-state index in [0.29, 0.717) is 22.2 Å². The van der Waals surface area contributed by atoms with Gasteiger partial charge in [0.15, 0.2) is 0 Å². The molecule has 1 fully saturated rings. The highest BCUT2D eigenvalue weighted by atomic mass is 35.5. The van der Waals surface area contributed by atoms with Gasteiger partial charge in [-0.05, 0) is 31.1 Å². The smallest absolute Gasteiger partial charge is 0.246 e. The van der Waals surface area contributed by atoms with Crippen molar-refractivity contribution >= 4 is 35.2 Å². The SMILES string of the molecule is O=C(C=Cc1c(Cl)cccc1Cl)N1CCC[C@H]1CO. The standard InChI is InChI=1S/C14H15Cl2NO2/c15-12-4-1-5-13(16)11(12)6-7-14(19)17-8-2-3-10(17)9-18/h1,4-7,10,18H,2-3,8-9H2/t10-/m0/s1. The van der Waals surface area contributed by atoms with E-state index in [9.17, 15) is 9.90 Å².